The summed E-state index contributed by atoms with van der Waals surface area (Å²) in [6.45, 7) is 0. The molecule has 0 amide bonds. The van der Waals surface area contributed by atoms with Crippen molar-refractivity contribution in [3.63, 3.8) is 0 Å². The lowest BCUT2D eigenvalue weighted by Gasteiger charge is -2.27. The van der Waals surface area contributed by atoms with Crippen LogP contribution in [0.3, 0.4) is 0 Å². The standard InChI is InChI=1S/C48H29NO2S/c1-4-20-41-38(14-1)46-34(16-9-22-43(46)50-41)30-25-27-32(28-26-30)49(40-19-8-18-37-36-13-3-6-24-45(36)52-48(37)40)33-12-7-11-31(29-33)35-17-10-23-44-47(35)39-15-2-5-21-42(39)51-44/h1-29H. The summed E-state index contributed by atoms with van der Waals surface area (Å²) in [5.74, 6) is 0. The predicted octanol–water partition coefficient (Wildman–Crippen LogP) is 14.7. The second-order valence-corrected chi connectivity index (χ2v) is 14.3. The molecule has 0 N–H and O–H groups in total. The molecule has 0 bridgehead atoms. The molecule has 8 aromatic carbocycles. The van der Waals surface area contributed by atoms with Gasteiger partial charge in [-0.15, -0.1) is 11.3 Å². The lowest BCUT2D eigenvalue weighted by molar-refractivity contribution is 0.668. The highest BCUT2D eigenvalue weighted by atomic mass is 32.1. The molecule has 0 saturated heterocycles. The van der Waals surface area contributed by atoms with Gasteiger partial charge in [0.1, 0.15) is 22.3 Å². The normalized spacial score (nSPS) is 11.8. The zero-order valence-electron chi connectivity index (χ0n) is 27.9. The maximum absolute atomic E-state index is 6.29. The van der Waals surface area contributed by atoms with Crippen LogP contribution in [-0.2, 0) is 0 Å². The smallest absolute Gasteiger partial charge is 0.136 e. The van der Waals surface area contributed by atoms with Crippen molar-refractivity contribution in [2.24, 2.45) is 0 Å². The first kappa shape index (κ1) is 29.1. The zero-order valence-corrected chi connectivity index (χ0v) is 28.7. The van der Waals surface area contributed by atoms with Crippen molar-refractivity contribution in [2.75, 3.05) is 4.90 Å². The summed E-state index contributed by atoms with van der Waals surface area (Å²) < 4.78 is 15.1. The Labute approximate surface area is 303 Å². The number of thiophene rings is 1. The van der Waals surface area contributed by atoms with Crippen LogP contribution >= 0.6 is 11.3 Å². The molecular weight excluding hydrogens is 655 g/mol. The lowest BCUT2D eigenvalue weighted by atomic mass is 9.98. The molecule has 0 aliphatic heterocycles. The van der Waals surface area contributed by atoms with Gasteiger partial charge in [-0.3, -0.25) is 0 Å². The third kappa shape index (κ3) is 4.45. The number of fused-ring (bicyclic) bond motifs is 9. The number of hydrogen-bond acceptors (Lipinski definition) is 4. The first-order valence-electron chi connectivity index (χ1n) is 17.5. The van der Waals surface area contributed by atoms with E-state index in [-0.39, 0.29) is 0 Å². The third-order valence-corrected chi connectivity index (χ3v) is 11.5. The van der Waals surface area contributed by atoms with E-state index in [1.165, 1.54) is 20.2 Å². The van der Waals surface area contributed by atoms with Crippen molar-refractivity contribution >= 4 is 92.4 Å². The van der Waals surface area contributed by atoms with Gasteiger partial charge in [-0.1, -0.05) is 115 Å². The summed E-state index contributed by atoms with van der Waals surface area (Å²) in [5, 5.41) is 7.09. The highest BCUT2D eigenvalue weighted by molar-refractivity contribution is 7.26. The van der Waals surface area contributed by atoms with Crippen molar-refractivity contribution in [3.05, 3.63) is 176 Å². The Morgan fingerprint density at radius 2 is 0.942 bits per heavy atom. The quantitative estimate of drug-likeness (QED) is 0.181. The number of benzene rings is 8. The minimum absolute atomic E-state index is 0.895. The van der Waals surface area contributed by atoms with Gasteiger partial charge in [-0.05, 0) is 82.9 Å². The first-order chi connectivity index (χ1) is 25.8. The van der Waals surface area contributed by atoms with Crippen molar-refractivity contribution in [1.82, 2.24) is 0 Å². The monoisotopic (exact) mass is 683 g/mol. The Kier molecular flexibility index (Phi) is 6.42. The number of furan rings is 2. The highest BCUT2D eigenvalue weighted by Gasteiger charge is 2.20. The number of anilines is 3. The summed E-state index contributed by atoms with van der Waals surface area (Å²) >= 11 is 1.85. The fourth-order valence-electron chi connectivity index (χ4n) is 7.97. The molecule has 0 spiro atoms. The molecule has 0 saturated carbocycles. The Balaban J connectivity index is 1.11. The second-order valence-electron chi connectivity index (χ2n) is 13.2. The van der Waals surface area contributed by atoms with Crippen LogP contribution in [0.5, 0.6) is 0 Å². The molecule has 3 aromatic heterocycles. The summed E-state index contributed by atoms with van der Waals surface area (Å²) in [4.78, 5) is 2.41. The lowest BCUT2D eigenvalue weighted by Crippen LogP contribution is -2.10. The third-order valence-electron chi connectivity index (χ3n) is 10.3. The van der Waals surface area contributed by atoms with Crippen LogP contribution in [0.25, 0.3) is 86.3 Å². The van der Waals surface area contributed by atoms with Crippen LogP contribution in [0, 0.1) is 0 Å². The molecule has 4 heteroatoms. The van der Waals surface area contributed by atoms with E-state index in [0.717, 1.165) is 83.2 Å². The Morgan fingerprint density at radius 3 is 1.65 bits per heavy atom. The van der Waals surface area contributed by atoms with Gasteiger partial charge < -0.3 is 13.7 Å². The van der Waals surface area contributed by atoms with Gasteiger partial charge in [-0.2, -0.15) is 0 Å². The largest absolute Gasteiger partial charge is 0.456 e. The summed E-state index contributed by atoms with van der Waals surface area (Å²) in [5.41, 5.74) is 11.5. The summed E-state index contributed by atoms with van der Waals surface area (Å²) in [7, 11) is 0. The van der Waals surface area contributed by atoms with Crippen LogP contribution in [0.15, 0.2) is 185 Å². The van der Waals surface area contributed by atoms with Gasteiger partial charge >= 0.3 is 0 Å². The van der Waals surface area contributed by atoms with Gasteiger partial charge in [0.25, 0.3) is 0 Å². The molecule has 0 radical (unpaired) electrons. The van der Waals surface area contributed by atoms with Gasteiger partial charge in [0, 0.05) is 48.4 Å². The Morgan fingerprint density at radius 1 is 0.385 bits per heavy atom. The average Bonchev–Trinajstić information content (AvgIpc) is 3.90. The molecule has 3 heterocycles. The van der Waals surface area contributed by atoms with Crippen molar-refractivity contribution in [2.45, 2.75) is 0 Å². The summed E-state index contributed by atoms with van der Waals surface area (Å²) in [6, 6.07) is 62.6. The molecule has 0 unspecified atom stereocenters. The second kappa shape index (κ2) is 11.5. The van der Waals surface area contributed by atoms with Crippen LogP contribution in [-0.4, -0.2) is 0 Å². The van der Waals surface area contributed by atoms with Crippen LogP contribution in [0.2, 0.25) is 0 Å². The van der Waals surface area contributed by atoms with E-state index in [1.54, 1.807) is 0 Å². The molecule has 11 rings (SSSR count). The van der Waals surface area contributed by atoms with Crippen molar-refractivity contribution < 1.29 is 8.83 Å². The fraction of sp³-hybridized carbons (Fsp3) is 0. The fourth-order valence-corrected chi connectivity index (χ4v) is 9.17. The highest BCUT2D eigenvalue weighted by Crippen LogP contribution is 2.46. The van der Waals surface area contributed by atoms with E-state index in [9.17, 15) is 0 Å². The molecule has 0 atom stereocenters. The molecule has 244 valence electrons. The van der Waals surface area contributed by atoms with Crippen LogP contribution in [0.1, 0.15) is 0 Å². The Hall–Kier alpha value is -6.62. The molecular formula is C48H29NO2S. The number of rotatable bonds is 5. The van der Waals surface area contributed by atoms with Gasteiger partial charge in [0.2, 0.25) is 0 Å². The molecule has 52 heavy (non-hydrogen) atoms. The van der Waals surface area contributed by atoms with Gasteiger partial charge in [-0.25, -0.2) is 0 Å². The van der Waals surface area contributed by atoms with E-state index >= 15 is 0 Å². The first-order valence-corrected chi connectivity index (χ1v) is 18.3. The van der Waals surface area contributed by atoms with E-state index in [2.05, 4.69) is 157 Å². The van der Waals surface area contributed by atoms with Crippen LogP contribution < -0.4 is 4.90 Å². The van der Waals surface area contributed by atoms with E-state index in [0.29, 0.717) is 0 Å². The molecule has 0 fully saturated rings. The molecule has 0 aliphatic carbocycles. The van der Waals surface area contributed by atoms with Crippen molar-refractivity contribution in [1.29, 1.82) is 0 Å². The van der Waals surface area contributed by atoms with Gasteiger partial charge in [0.15, 0.2) is 0 Å². The van der Waals surface area contributed by atoms with Gasteiger partial charge in [0.05, 0.1) is 10.4 Å². The summed E-state index contributed by atoms with van der Waals surface area (Å²) in [6.07, 6.45) is 0. The molecule has 11 aromatic rings. The Bertz CT molecular complexity index is 3150. The number of nitrogens with zero attached hydrogens (tertiary/aromatic N) is 1. The maximum Gasteiger partial charge on any atom is 0.136 e. The SMILES string of the molecule is c1cc(-c2cccc3oc4ccccc4c23)cc(N(c2ccc(-c3cccc4oc5ccccc5c34)cc2)c2cccc3c2sc2ccccc23)c1. The molecule has 3 nitrogen and oxygen atoms in total. The predicted molar refractivity (Wildman–Crippen MR) is 219 cm³/mol. The van der Waals surface area contributed by atoms with E-state index in [4.69, 9.17) is 8.83 Å². The minimum Gasteiger partial charge on any atom is -0.456 e. The van der Waals surface area contributed by atoms with E-state index in [1.807, 2.05) is 35.6 Å². The maximum atomic E-state index is 6.29. The zero-order chi connectivity index (χ0) is 34.2. The average molecular weight is 684 g/mol. The number of para-hydroxylation sites is 2. The molecule has 0 aliphatic rings. The van der Waals surface area contributed by atoms with E-state index < -0.39 is 0 Å². The topological polar surface area (TPSA) is 29.5 Å². The minimum atomic E-state index is 0.895. The number of hydrogen-bond donors (Lipinski definition) is 0. The van der Waals surface area contributed by atoms with Crippen molar-refractivity contribution in [3.8, 4) is 22.3 Å². The van der Waals surface area contributed by atoms with Crippen LogP contribution in [0.4, 0.5) is 17.1 Å².